The van der Waals surface area contributed by atoms with Crippen LogP contribution in [0.15, 0.2) is 18.7 Å². The molecular weight excluding hydrogens is 238 g/mol. The minimum atomic E-state index is -0.0617. The summed E-state index contributed by atoms with van der Waals surface area (Å²) in [6, 6.07) is 0.454. The summed E-state index contributed by atoms with van der Waals surface area (Å²) in [6.07, 6.45) is 9.18. The molecule has 0 radical (unpaired) electrons. The van der Waals surface area contributed by atoms with Crippen LogP contribution in [-0.2, 0) is 11.3 Å². The van der Waals surface area contributed by atoms with Gasteiger partial charge in [-0.25, -0.2) is 4.98 Å². The highest BCUT2D eigenvalue weighted by molar-refractivity contribution is 4.98. The van der Waals surface area contributed by atoms with E-state index in [1.807, 2.05) is 18.7 Å². The molecule has 1 atom stereocenters. The largest absolute Gasteiger partial charge is 0.368 e. The van der Waals surface area contributed by atoms with Crippen LogP contribution in [-0.4, -0.2) is 33.3 Å². The number of unbranched alkanes of at least 4 members (excludes halogenated alkanes) is 1. The van der Waals surface area contributed by atoms with E-state index in [0.717, 1.165) is 19.5 Å². The van der Waals surface area contributed by atoms with Gasteiger partial charge in [0.15, 0.2) is 0 Å². The van der Waals surface area contributed by atoms with E-state index in [0.29, 0.717) is 6.04 Å². The first-order chi connectivity index (χ1) is 8.89. The molecule has 0 aromatic carbocycles. The average molecular weight is 265 g/mol. The maximum absolute atomic E-state index is 6.09. The van der Waals surface area contributed by atoms with Gasteiger partial charge in [0.25, 0.3) is 0 Å². The Morgan fingerprint density at radius 1 is 1.32 bits per heavy atom. The Labute approximate surface area is 116 Å². The second kappa shape index (κ2) is 5.63. The zero-order valence-corrected chi connectivity index (χ0v) is 12.6. The Hall–Kier alpha value is -0.870. The molecule has 0 aliphatic carbocycles. The topological polar surface area (TPSA) is 39.1 Å². The van der Waals surface area contributed by atoms with Crippen molar-refractivity contribution in [3.05, 3.63) is 18.7 Å². The van der Waals surface area contributed by atoms with E-state index < -0.39 is 0 Å². The number of hydrogen-bond acceptors (Lipinski definition) is 3. The highest BCUT2D eigenvalue weighted by Crippen LogP contribution is 2.37. The molecule has 1 fully saturated rings. The summed E-state index contributed by atoms with van der Waals surface area (Å²) in [6.45, 7) is 10.8. The van der Waals surface area contributed by atoms with Gasteiger partial charge in [-0.05, 0) is 53.5 Å². The number of nitrogens with one attached hydrogen (secondary N) is 1. The maximum Gasteiger partial charge on any atom is 0.0945 e. The van der Waals surface area contributed by atoms with Crippen molar-refractivity contribution in [1.82, 2.24) is 14.9 Å². The van der Waals surface area contributed by atoms with Crippen molar-refractivity contribution in [3.8, 4) is 0 Å². The third-order valence-electron chi connectivity index (χ3n) is 3.87. The predicted molar refractivity (Wildman–Crippen MR) is 77.1 cm³/mol. The van der Waals surface area contributed by atoms with Crippen molar-refractivity contribution in [3.63, 3.8) is 0 Å². The van der Waals surface area contributed by atoms with Gasteiger partial charge in [-0.2, -0.15) is 0 Å². The number of ether oxygens (including phenoxy) is 1. The number of aryl methyl sites for hydroxylation is 1. The third kappa shape index (κ3) is 4.05. The summed E-state index contributed by atoms with van der Waals surface area (Å²) >= 11 is 0. The van der Waals surface area contributed by atoms with Crippen LogP contribution in [0.1, 0.15) is 47.0 Å². The van der Waals surface area contributed by atoms with Crippen LogP contribution in [0.3, 0.4) is 0 Å². The SMILES string of the molecule is CC1(C)C[C@H](NCCCCn2ccnc2)C(C)(C)O1. The number of nitrogens with zero attached hydrogens (tertiary/aromatic N) is 2. The van der Waals surface area contributed by atoms with Crippen molar-refractivity contribution in [1.29, 1.82) is 0 Å². The predicted octanol–water partition coefficient (Wildman–Crippen LogP) is 2.60. The maximum atomic E-state index is 6.09. The minimum Gasteiger partial charge on any atom is -0.368 e. The molecule has 1 aromatic heterocycles. The molecule has 0 unspecified atom stereocenters. The van der Waals surface area contributed by atoms with Crippen LogP contribution in [0.25, 0.3) is 0 Å². The Morgan fingerprint density at radius 3 is 2.68 bits per heavy atom. The number of hydrogen-bond donors (Lipinski definition) is 1. The van der Waals surface area contributed by atoms with Crippen LogP contribution in [0, 0.1) is 0 Å². The summed E-state index contributed by atoms with van der Waals surface area (Å²) in [5, 5.41) is 3.66. The smallest absolute Gasteiger partial charge is 0.0945 e. The van der Waals surface area contributed by atoms with E-state index in [2.05, 4.69) is 42.6 Å². The Bertz CT molecular complexity index is 384. The molecule has 4 nitrogen and oxygen atoms in total. The summed E-state index contributed by atoms with van der Waals surface area (Å²) in [5.41, 5.74) is -0.0637. The molecule has 1 saturated heterocycles. The van der Waals surface area contributed by atoms with Crippen LogP contribution in [0.4, 0.5) is 0 Å². The molecule has 2 rings (SSSR count). The first kappa shape index (κ1) is 14.5. The molecule has 1 aliphatic heterocycles. The lowest BCUT2D eigenvalue weighted by molar-refractivity contribution is -0.0697. The van der Waals surface area contributed by atoms with Gasteiger partial charge in [0, 0.05) is 25.0 Å². The zero-order valence-electron chi connectivity index (χ0n) is 12.6. The lowest BCUT2D eigenvalue weighted by Crippen LogP contribution is -2.43. The van der Waals surface area contributed by atoms with Gasteiger partial charge >= 0.3 is 0 Å². The molecule has 2 heterocycles. The molecule has 0 bridgehead atoms. The van der Waals surface area contributed by atoms with Crippen molar-refractivity contribution < 1.29 is 4.74 Å². The fourth-order valence-corrected chi connectivity index (χ4v) is 2.99. The molecule has 108 valence electrons. The van der Waals surface area contributed by atoms with Crippen LogP contribution in [0.2, 0.25) is 0 Å². The second-order valence-corrected chi connectivity index (χ2v) is 6.68. The van der Waals surface area contributed by atoms with Gasteiger partial charge in [0.1, 0.15) is 0 Å². The lowest BCUT2D eigenvalue weighted by atomic mass is 9.94. The molecule has 1 aliphatic rings. The number of aromatic nitrogens is 2. The molecule has 1 aromatic rings. The summed E-state index contributed by atoms with van der Waals surface area (Å²) < 4.78 is 8.22. The fraction of sp³-hybridized carbons (Fsp3) is 0.800. The molecular formula is C15H27N3O. The van der Waals surface area contributed by atoms with E-state index in [9.17, 15) is 0 Å². The van der Waals surface area contributed by atoms with Crippen molar-refractivity contribution >= 4 is 0 Å². The van der Waals surface area contributed by atoms with Gasteiger partial charge in [0.05, 0.1) is 17.5 Å². The first-order valence-corrected chi connectivity index (χ1v) is 7.28. The number of rotatable bonds is 6. The summed E-state index contributed by atoms with van der Waals surface area (Å²) in [7, 11) is 0. The Kier molecular flexibility index (Phi) is 4.31. The van der Waals surface area contributed by atoms with Crippen LogP contribution < -0.4 is 5.32 Å². The molecule has 0 amide bonds. The third-order valence-corrected chi connectivity index (χ3v) is 3.87. The molecule has 1 N–H and O–H groups in total. The van der Waals surface area contributed by atoms with E-state index >= 15 is 0 Å². The summed E-state index contributed by atoms with van der Waals surface area (Å²) in [4.78, 5) is 4.05. The fourth-order valence-electron chi connectivity index (χ4n) is 2.99. The first-order valence-electron chi connectivity index (χ1n) is 7.28. The van der Waals surface area contributed by atoms with Gasteiger partial charge in [0.2, 0.25) is 0 Å². The monoisotopic (exact) mass is 265 g/mol. The standard InChI is InChI=1S/C15H27N3O/c1-14(2)11-13(15(3,4)19-14)17-7-5-6-9-18-10-8-16-12-18/h8,10,12-13,17H,5-7,9,11H2,1-4H3/t13-/m0/s1. The van der Waals surface area contributed by atoms with Gasteiger partial charge < -0.3 is 14.6 Å². The van der Waals surface area contributed by atoms with Crippen LogP contribution >= 0.6 is 0 Å². The van der Waals surface area contributed by atoms with Gasteiger partial charge in [-0.1, -0.05) is 0 Å². The average Bonchev–Trinajstić information content (AvgIpc) is 2.84. The van der Waals surface area contributed by atoms with Crippen LogP contribution in [0.5, 0.6) is 0 Å². The lowest BCUT2D eigenvalue weighted by Gasteiger charge is -2.27. The quantitative estimate of drug-likeness (QED) is 0.804. The van der Waals surface area contributed by atoms with Crippen molar-refractivity contribution in [2.45, 2.75) is 70.7 Å². The molecule has 19 heavy (non-hydrogen) atoms. The van der Waals surface area contributed by atoms with E-state index in [1.54, 1.807) is 0 Å². The minimum absolute atomic E-state index is 0.00201. The van der Waals surface area contributed by atoms with Crippen molar-refractivity contribution in [2.75, 3.05) is 6.54 Å². The molecule has 4 heteroatoms. The Morgan fingerprint density at radius 2 is 2.11 bits per heavy atom. The molecule has 0 spiro atoms. The molecule has 0 saturated carbocycles. The van der Waals surface area contributed by atoms with Gasteiger partial charge in [-0.3, -0.25) is 0 Å². The zero-order chi connectivity index (χ0) is 13.9. The van der Waals surface area contributed by atoms with E-state index in [-0.39, 0.29) is 11.2 Å². The highest BCUT2D eigenvalue weighted by atomic mass is 16.5. The van der Waals surface area contributed by atoms with Gasteiger partial charge in [-0.15, -0.1) is 0 Å². The van der Waals surface area contributed by atoms with Crippen molar-refractivity contribution in [2.24, 2.45) is 0 Å². The Balaban J connectivity index is 1.66. The second-order valence-electron chi connectivity index (χ2n) is 6.68. The highest BCUT2D eigenvalue weighted by Gasteiger charge is 2.45. The van der Waals surface area contributed by atoms with E-state index in [1.165, 1.54) is 12.8 Å². The number of imidazole rings is 1. The normalized spacial score (nSPS) is 24.7. The summed E-state index contributed by atoms with van der Waals surface area (Å²) in [5.74, 6) is 0. The van der Waals surface area contributed by atoms with E-state index in [4.69, 9.17) is 4.74 Å².